The number of benzene rings is 1. The van der Waals surface area contributed by atoms with Crippen molar-refractivity contribution in [2.75, 3.05) is 11.9 Å². The van der Waals surface area contributed by atoms with Gasteiger partial charge in [0.25, 0.3) is 5.56 Å². The molecular formula is C24H25N5O8. The molecule has 0 radical (unpaired) electrons. The summed E-state index contributed by atoms with van der Waals surface area (Å²) in [4.78, 5) is 68.7. The van der Waals surface area contributed by atoms with Crippen LogP contribution in [0.3, 0.4) is 0 Å². The Morgan fingerprint density at radius 2 is 1.97 bits per heavy atom. The summed E-state index contributed by atoms with van der Waals surface area (Å²) in [7, 11) is 0. The van der Waals surface area contributed by atoms with Crippen LogP contribution in [-0.4, -0.2) is 55.8 Å². The second-order valence-electron chi connectivity index (χ2n) is 8.32. The first-order chi connectivity index (χ1) is 17.7. The third kappa shape index (κ3) is 5.35. The van der Waals surface area contributed by atoms with Gasteiger partial charge in [-0.3, -0.25) is 29.3 Å². The second-order valence-corrected chi connectivity index (χ2v) is 8.32. The van der Waals surface area contributed by atoms with E-state index in [1.54, 1.807) is 30.3 Å². The molecule has 1 aliphatic rings. The van der Waals surface area contributed by atoms with Gasteiger partial charge in [-0.1, -0.05) is 24.3 Å². The van der Waals surface area contributed by atoms with Gasteiger partial charge in [-0.25, -0.2) is 14.2 Å². The largest absolute Gasteiger partial charge is 0.459 e. The van der Waals surface area contributed by atoms with E-state index in [0.717, 1.165) is 9.13 Å². The highest BCUT2D eigenvalue weighted by Crippen LogP contribution is 2.32. The second kappa shape index (κ2) is 10.6. The number of hydrogen-bond donors (Lipinski definition) is 2. The maximum absolute atomic E-state index is 13.4. The monoisotopic (exact) mass is 511 g/mol. The van der Waals surface area contributed by atoms with E-state index in [1.807, 2.05) is 0 Å². The Labute approximate surface area is 209 Å². The summed E-state index contributed by atoms with van der Waals surface area (Å²) in [5.41, 5.74) is -1.17. The Balaban J connectivity index is 1.72. The first-order valence-corrected chi connectivity index (χ1v) is 11.4. The molecular weight excluding hydrogens is 486 g/mol. The van der Waals surface area contributed by atoms with Gasteiger partial charge in [0, 0.05) is 26.8 Å². The average Bonchev–Trinajstić information content (AvgIpc) is 3.35. The van der Waals surface area contributed by atoms with Crippen molar-refractivity contribution < 1.29 is 28.6 Å². The summed E-state index contributed by atoms with van der Waals surface area (Å²) in [6.07, 6.45) is -1.34. The number of aromatic amines is 1. The van der Waals surface area contributed by atoms with Crippen molar-refractivity contribution in [1.82, 2.24) is 19.1 Å². The molecule has 37 heavy (non-hydrogen) atoms. The number of hydrogen-bond acceptors (Lipinski definition) is 9. The van der Waals surface area contributed by atoms with Gasteiger partial charge in [0.2, 0.25) is 11.9 Å². The number of anilines is 1. The maximum Gasteiger partial charge on any atom is 0.338 e. The number of H-pyrrole nitrogens is 1. The van der Waals surface area contributed by atoms with Gasteiger partial charge in [-0.05, 0) is 12.1 Å². The minimum absolute atomic E-state index is 0.0182. The van der Waals surface area contributed by atoms with Crippen LogP contribution >= 0.6 is 0 Å². The van der Waals surface area contributed by atoms with E-state index < -0.39 is 47.5 Å². The number of ether oxygens (including phenoxy) is 3. The minimum Gasteiger partial charge on any atom is -0.459 e. The molecule has 0 bridgehead atoms. The Morgan fingerprint density at radius 3 is 2.62 bits per heavy atom. The number of esters is 2. The summed E-state index contributed by atoms with van der Waals surface area (Å²) < 4.78 is 19.0. The van der Waals surface area contributed by atoms with Crippen LogP contribution < -0.4 is 16.6 Å². The van der Waals surface area contributed by atoms with Gasteiger partial charge >= 0.3 is 17.6 Å². The topological polar surface area (TPSA) is 164 Å². The summed E-state index contributed by atoms with van der Waals surface area (Å²) >= 11 is 0. The highest BCUT2D eigenvalue weighted by Gasteiger charge is 2.42. The van der Waals surface area contributed by atoms with Crippen LogP contribution in [0.2, 0.25) is 0 Å². The molecule has 0 saturated carbocycles. The molecule has 2 aromatic heterocycles. The lowest BCUT2D eigenvalue weighted by atomic mass is 10.2. The van der Waals surface area contributed by atoms with Gasteiger partial charge in [0.05, 0.1) is 11.7 Å². The quantitative estimate of drug-likeness (QED) is 0.333. The smallest absolute Gasteiger partial charge is 0.338 e. The van der Waals surface area contributed by atoms with Crippen molar-refractivity contribution >= 4 is 35.0 Å². The average molecular weight is 511 g/mol. The van der Waals surface area contributed by atoms with Gasteiger partial charge in [-0.15, -0.1) is 6.58 Å². The Kier molecular flexibility index (Phi) is 7.34. The first-order valence-electron chi connectivity index (χ1n) is 11.4. The summed E-state index contributed by atoms with van der Waals surface area (Å²) in [5, 5.41) is 2.38. The predicted octanol–water partition coefficient (Wildman–Crippen LogP) is 1.11. The number of rotatable bonds is 8. The van der Waals surface area contributed by atoms with Crippen molar-refractivity contribution in [3.8, 4) is 0 Å². The minimum atomic E-state index is -1.19. The van der Waals surface area contributed by atoms with Crippen LogP contribution in [0, 0.1) is 0 Å². The molecule has 3 atom stereocenters. The number of carbonyl (C=O) groups excluding carboxylic acids is 3. The van der Waals surface area contributed by atoms with Crippen molar-refractivity contribution in [3.05, 3.63) is 69.4 Å². The number of fused-ring (bicyclic) bond motifs is 1. The molecule has 1 saturated heterocycles. The fourth-order valence-corrected chi connectivity index (χ4v) is 4.13. The van der Waals surface area contributed by atoms with Gasteiger partial charge in [0.1, 0.15) is 12.7 Å². The van der Waals surface area contributed by atoms with E-state index in [2.05, 4.69) is 21.9 Å². The SMILES string of the molecule is C=CCn1c(=O)n(C2O[C@H](COC(=O)c3ccccc3)C[C@H]2OC(C)=O)c2nc(NC(C)=O)[nH]c(=O)c21. The van der Waals surface area contributed by atoms with Gasteiger partial charge in [0.15, 0.2) is 17.4 Å². The Bertz CT molecular complexity index is 1470. The third-order valence-electron chi connectivity index (χ3n) is 5.54. The lowest BCUT2D eigenvalue weighted by molar-refractivity contribution is -0.152. The summed E-state index contributed by atoms with van der Waals surface area (Å²) in [6, 6.07) is 8.37. The molecule has 1 amide bonds. The van der Waals surface area contributed by atoms with Crippen LogP contribution in [0.1, 0.15) is 36.9 Å². The molecule has 0 spiro atoms. The standard InChI is InChI=1S/C24H25N5O8/c1-4-10-28-18-19(26-23(25-13(2)30)27-20(18)32)29(24(28)34)21-17(36-14(3)31)11-16(37-21)12-35-22(33)15-8-6-5-7-9-15/h4-9,16-17,21H,1,10-12H2,2-3H3,(H2,25,26,27,30,32)/t16-,17+,21?/m0/s1. The van der Waals surface area contributed by atoms with Crippen LogP contribution in [0.4, 0.5) is 5.95 Å². The molecule has 1 fully saturated rings. The zero-order chi connectivity index (χ0) is 26.7. The fourth-order valence-electron chi connectivity index (χ4n) is 4.13. The Hall–Kier alpha value is -4.52. The molecule has 13 heteroatoms. The Morgan fingerprint density at radius 1 is 1.24 bits per heavy atom. The van der Waals surface area contributed by atoms with Crippen LogP contribution in [0.15, 0.2) is 52.6 Å². The predicted molar refractivity (Wildman–Crippen MR) is 130 cm³/mol. The third-order valence-corrected chi connectivity index (χ3v) is 5.54. The van der Waals surface area contributed by atoms with E-state index in [4.69, 9.17) is 14.2 Å². The number of amides is 1. The lowest BCUT2D eigenvalue weighted by Crippen LogP contribution is -2.33. The van der Waals surface area contributed by atoms with E-state index in [0.29, 0.717) is 5.56 Å². The fraction of sp³-hybridized carbons (Fsp3) is 0.333. The molecule has 13 nitrogen and oxygen atoms in total. The molecule has 1 unspecified atom stereocenters. The lowest BCUT2D eigenvalue weighted by Gasteiger charge is -2.19. The molecule has 194 valence electrons. The normalized spacial score (nSPS) is 18.9. The highest BCUT2D eigenvalue weighted by molar-refractivity contribution is 5.89. The molecule has 3 aromatic rings. The van der Waals surface area contributed by atoms with E-state index in [1.165, 1.54) is 19.9 Å². The van der Waals surface area contributed by atoms with Crippen LogP contribution in [0.5, 0.6) is 0 Å². The van der Waals surface area contributed by atoms with E-state index in [-0.39, 0.29) is 36.7 Å². The van der Waals surface area contributed by atoms with Crippen molar-refractivity contribution in [2.24, 2.45) is 0 Å². The number of nitrogens with one attached hydrogen (secondary N) is 2. The molecule has 0 aliphatic carbocycles. The number of carbonyl (C=O) groups is 3. The molecule has 1 aromatic carbocycles. The zero-order valence-electron chi connectivity index (χ0n) is 20.1. The molecule has 2 N–H and O–H groups in total. The van der Waals surface area contributed by atoms with Crippen molar-refractivity contribution in [3.63, 3.8) is 0 Å². The van der Waals surface area contributed by atoms with Crippen molar-refractivity contribution in [1.29, 1.82) is 0 Å². The zero-order valence-corrected chi connectivity index (χ0v) is 20.1. The molecule has 3 heterocycles. The van der Waals surface area contributed by atoms with E-state index >= 15 is 0 Å². The highest BCUT2D eigenvalue weighted by atomic mass is 16.6. The number of allylic oxidation sites excluding steroid dienone is 1. The molecule has 4 rings (SSSR count). The number of imidazole rings is 1. The van der Waals surface area contributed by atoms with Gasteiger partial charge < -0.3 is 14.2 Å². The van der Waals surface area contributed by atoms with Crippen LogP contribution in [-0.2, 0) is 30.3 Å². The van der Waals surface area contributed by atoms with Gasteiger partial charge in [-0.2, -0.15) is 4.98 Å². The van der Waals surface area contributed by atoms with Crippen molar-refractivity contribution in [2.45, 2.75) is 45.2 Å². The molecule has 1 aliphatic heterocycles. The number of aromatic nitrogens is 4. The van der Waals surface area contributed by atoms with Crippen LogP contribution in [0.25, 0.3) is 11.2 Å². The first kappa shape index (κ1) is 25.6. The van der Waals surface area contributed by atoms with E-state index in [9.17, 15) is 24.0 Å². The summed E-state index contributed by atoms with van der Waals surface area (Å²) in [5.74, 6) is -1.85. The summed E-state index contributed by atoms with van der Waals surface area (Å²) in [6.45, 7) is 5.87. The number of nitrogens with zero attached hydrogens (tertiary/aromatic N) is 3. The maximum atomic E-state index is 13.4.